The summed E-state index contributed by atoms with van der Waals surface area (Å²) >= 11 is 0. The van der Waals surface area contributed by atoms with Crippen LogP contribution < -0.4 is 10.6 Å². The Morgan fingerprint density at radius 3 is 2.62 bits per heavy atom. The molecule has 3 aromatic rings. The number of aromatic nitrogens is 4. The molecule has 0 fully saturated rings. The Kier molecular flexibility index (Phi) is 5.62. The minimum absolute atomic E-state index is 0.0233. The van der Waals surface area contributed by atoms with E-state index >= 15 is 0 Å². The number of nitrogens with one attached hydrogen (secondary N) is 2. The third-order valence-corrected chi connectivity index (χ3v) is 7.21. The van der Waals surface area contributed by atoms with Gasteiger partial charge in [-0.1, -0.05) is 6.07 Å². The van der Waals surface area contributed by atoms with E-state index in [1.807, 2.05) is 0 Å². The number of alkyl halides is 3. The van der Waals surface area contributed by atoms with E-state index in [4.69, 9.17) is 0 Å². The van der Waals surface area contributed by atoms with Crippen molar-refractivity contribution in [1.82, 2.24) is 25.3 Å². The zero-order chi connectivity index (χ0) is 26.8. The second kappa shape index (κ2) is 8.36. The number of aryl methyl sites for hydroxylation is 2. The predicted octanol–water partition coefficient (Wildman–Crippen LogP) is 2.10. The molecule has 194 valence electrons. The van der Waals surface area contributed by atoms with Crippen LogP contribution in [0.3, 0.4) is 0 Å². The van der Waals surface area contributed by atoms with Crippen molar-refractivity contribution in [3.8, 4) is 5.82 Å². The van der Waals surface area contributed by atoms with Crippen LogP contribution in [-0.4, -0.2) is 52.2 Å². The highest BCUT2D eigenvalue weighted by molar-refractivity contribution is 7.91. The van der Waals surface area contributed by atoms with Crippen molar-refractivity contribution in [2.24, 2.45) is 0 Å². The highest BCUT2D eigenvalue weighted by Gasteiger charge is 2.47. The Labute approximate surface area is 209 Å². The number of anilines is 1. The molecule has 2 amide bonds. The summed E-state index contributed by atoms with van der Waals surface area (Å²) in [6.45, 7) is 1.72. The SMILES string of the molecule is Cc1ccc(-n2nc3c(c2NC(=O)CS(C)(=O)=O)C(=O)N[C@@]2(CCc4cc(C(F)(F)F)ccc42)C3)nn1. The first kappa shape index (κ1) is 24.9. The third kappa shape index (κ3) is 4.56. The molecule has 0 saturated carbocycles. The molecule has 1 atom stereocenters. The summed E-state index contributed by atoms with van der Waals surface area (Å²) in [5.41, 5.74) is 0.250. The van der Waals surface area contributed by atoms with E-state index < -0.39 is 44.7 Å². The standard InChI is InChI=1S/C23H21F3N6O4S/c1-12-3-6-17(30-29-12)32-20(27-18(33)11-37(2,35)36)19-16(31-32)10-22(28-21(19)34)8-7-13-9-14(23(24,25)26)4-5-15(13)22/h3-6,9H,7-8,10-11H2,1-2H3,(H,27,33)(H,28,34)/t22-/m0/s1. The minimum Gasteiger partial charge on any atom is -0.342 e. The summed E-state index contributed by atoms with van der Waals surface area (Å²) in [6.07, 6.45) is -2.74. The Morgan fingerprint density at radius 1 is 1.22 bits per heavy atom. The molecule has 2 N–H and O–H groups in total. The predicted molar refractivity (Wildman–Crippen MR) is 125 cm³/mol. The topological polar surface area (TPSA) is 136 Å². The van der Waals surface area contributed by atoms with Gasteiger partial charge in [-0.15, -0.1) is 5.10 Å². The molecule has 1 aromatic carbocycles. The summed E-state index contributed by atoms with van der Waals surface area (Å²) in [5.74, 6) is -2.18. The van der Waals surface area contributed by atoms with E-state index in [1.165, 1.54) is 10.7 Å². The fourth-order valence-corrected chi connectivity index (χ4v) is 5.42. The van der Waals surface area contributed by atoms with Gasteiger partial charge in [0.2, 0.25) is 5.91 Å². The first-order valence-corrected chi connectivity index (χ1v) is 13.3. The molecule has 2 aliphatic rings. The van der Waals surface area contributed by atoms with Crippen molar-refractivity contribution in [3.63, 3.8) is 0 Å². The first-order valence-electron chi connectivity index (χ1n) is 11.2. The van der Waals surface area contributed by atoms with Gasteiger partial charge in [0.15, 0.2) is 21.5 Å². The van der Waals surface area contributed by atoms with Crippen molar-refractivity contribution >= 4 is 27.5 Å². The lowest BCUT2D eigenvalue weighted by molar-refractivity contribution is -0.137. The average Bonchev–Trinajstić information content (AvgIpc) is 3.31. The highest BCUT2D eigenvalue weighted by atomic mass is 32.2. The van der Waals surface area contributed by atoms with Crippen molar-refractivity contribution < 1.29 is 31.2 Å². The van der Waals surface area contributed by atoms with Gasteiger partial charge < -0.3 is 10.6 Å². The van der Waals surface area contributed by atoms with Gasteiger partial charge in [-0.05, 0) is 55.2 Å². The number of hydrogen-bond donors (Lipinski definition) is 2. The molecule has 0 bridgehead atoms. The molecule has 1 aliphatic heterocycles. The third-order valence-electron chi connectivity index (χ3n) is 6.43. The maximum Gasteiger partial charge on any atom is 0.416 e. The van der Waals surface area contributed by atoms with Crippen molar-refractivity contribution in [1.29, 1.82) is 0 Å². The number of benzene rings is 1. The highest BCUT2D eigenvalue weighted by Crippen LogP contribution is 2.45. The second-order valence-electron chi connectivity index (χ2n) is 9.32. The number of amides is 2. The van der Waals surface area contributed by atoms with Crippen LogP contribution in [0, 0.1) is 6.92 Å². The number of carbonyl (C=O) groups is 2. The molecule has 0 radical (unpaired) electrons. The van der Waals surface area contributed by atoms with E-state index in [1.54, 1.807) is 19.1 Å². The number of rotatable bonds is 4. The van der Waals surface area contributed by atoms with Crippen LogP contribution in [0.25, 0.3) is 5.82 Å². The quantitative estimate of drug-likeness (QED) is 0.523. The largest absolute Gasteiger partial charge is 0.416 e. The molecule has 1 aliphatic carbocycles. The van der Waals surface area contributed by atoms with Crippen molar-refractivity contribution in [3.05, 3.63) is 64.0 Å². The Bertz CT molecular complexity index is 1550. The molecule has 10 nitrogen and oxygen atoms in total. The lowest BCUT2D eigenvalue weighted by atomic mass is 9.82. The van der Waals surface area contributed by atoms with Crippen molar-refractivity contribution in [2.75, 3.05) is 17.3 Å². The van der Waals surface area contributed by atoms with E-state index in [9.17, 15) is 31.2 Å². The average molecular weight is 535 g/mol. The van der Waals surface area contributed by atoms with Gasteiger partial charge in [-0.2, -0.15) is 28.1 Å². The summed E-state index contributed by atoms with van der Waals surface area (Å²) in [7, 11) is -3.66. The van der Waals surface area contributed by atoms with E-state index in [0.717, 1.165) is 18.4 Å². The van der Waals surface area contributed by atoms with Crippen molar-refractivity contribution in [2.45, 2.75) is 37.9 Å². The van der Waals surface area contributed by atoms with Gasteiger partial charge in [-0.3, -0.25) is 9.59 Å². The molecule has 1 spiro atoms. The molecule has 5 rings (SSSR count). The monoisotopic (exact) mass is 534 g/mol. The Hall–Kier alpha value is -3.81. The van der Waals surface area contributed by atoms with Crippen LogP contribution >= 0.6 is 0 Å². The van der Waals surface area contributed by atoms with Gasteiger partial charge in [0.05, 0.1) is 22.5 Å². The number of fused-ring (bicyclic) bond motifs is 3. The molecular formula is C23H21F3N6O4S. The molecule has 2 aromatic heterocycles. The Morgan fingerprint density at radius 2 is 1.97 bits per heavy atom. The molecule has 0 unspecified atom stereocenters. The number of hydrogen-bond acceptors (Lipinski definition) is 7. The molecule has 0 saturated heterocycles. The number of nitrogens with zero attached hydrogens (tertiary/aromatic N) is 4. The summed E-state index contributed by atoms with van der Waals surface area (Å²) < 4.78 is 64.1. The minimum atomic E-state index is -4.49. The van der Waals surface area contributed by atoms with Gasteiger partial charge in [0.25, 0.3) is 5.91 Å². The van der Waals surface area contributed by atoms with Crippen LogP contribution in [-0.2, 0) is 39.2 Å². The first-order chi connectivity index (χ1) is 17.3. The Balaban J connectivity index is 1.59. The van der Waals surface area contributed by atoms with Crippen LogP contribution in [0.2, 0.25) is 0 Å². The van der Waals surface area contributed by atoms with Gasteiger partial charge >= 0.3 is 6.18 Å². The van der Waals surface area contributed by atoms with Gasteiger partial charge in [0.1, 0.15) is 11.3 Å². The van der Waals surface area contributed by atoms with E-state index in [2.05, 4.69) is 25.9 Å². The smallest absolute Gasteiger partial charge is 0.342 e. The van der Waals surface area contributed by atoms with Gasteiger partial charge in [0, 0.05) is 12.7 Å². The maximum atomic E-state index is 13.4. The molecule has 3 heterocycles. The zero-order valence-corrected chi connectivity index (χ0v) is 20.5. The van der Waals surface area contributed by atoms with Gasteiger partial charge in [-0.25, -0.2) is 8.42 Å². The second-order valence-corrected chi connectivity index (χ2v) is 11.5. The summed E-state index contributed by atoms with van der Waals surface area (Å²) in [6, 6.07) is 6.70. The number of halogens is 3. The summed E-state index contributed by atoms with van der Waals surface area (Å²) in [5, 5.41) is 17.9. The molecule has 37 heavy (non-hydrogen) atoms. The van der Waals surface area contributed by atoms with Crippen LogP contribution in [0.1, 0.15) is 44.9 Å². The lowest BCUT2D eigenvalue weighted by Gasteiger charge is -2.35. The van der Waals surface area contributed by atoms with Crippen LogP contribution in [0.15, 0.2) is 30.3 Å². The van der Waals surface area contributed by atoms with E-state index in [0.29, 0.717) is 29.7 Å². The zero-order valence-electron chi connectivity index (χ0n) is 19.7. The number of carbonyl (C=O) groups excluding carboxylic acids is 2. The number of sulfone groups is 1. The van der Waals surface area contributed by atoms with Crippen LogP contribution in [0.5, 0.6) is 0 Å². The fourth-order valence-electron chi connectivity index (χ4n) is 4.87. The van der Waals surface area contributed by atoms with E-state index in [-0.39, 0.29) is 29.3 Å². The lowest BCUT2D eigenvalue weighted by Crippen LogP contribution is -2.50. The maximum absolute atomic E-state index is 13.4. The normalized spacial score (nSPS) is 18.9. The molecule has 14 heteroatoms. The fraction of sp³-hybridized carbons (Fsp3) is 0.348. The molecular weight excluding hydrogens is 513 g/mol. The van der Waals surface area contributed by atoms with Crippen LogP contribution in [0.4, 0.5) is 19.0 Å². The summed E-state index contributed by atoms with van der Waals surface area (Å²) in [4.78, 5) is 25.9.